The summed E-state index contributed by atoms with van der Waals surface area (Å²) in [6.45, 7) is 10.4. The average Bonchev–Trinajstić information content (AvgIpc) is 1.81. The summed E-state index contributed by atoms with van der Waals surface area (Å²) in [4.78, 5) is 2.06. The zero-order valence-electron chi connectivity index (χ0n) is 8.31. The SMILES string of the molecule is C=C(C)/C(=C\N(C)C)C(C)C. The van der Waals surface area contributed by atoms with Gasteiger partial charge in [-0.2, -0.15) is 0 Å². The predicted molar refractivity (Wildman–Crippen MR) is 51.4 cm³/mol. The van der Waals surface area contributed by atoms with Crippen molar-refractivity contribution in [2.75, 3.05) is 14.1 Å². The van der Waals surface area contributed by atoms with Crippen LogP contribution in [0, 0.1) is 5.92 Å². The van der Waals surface area contributed by atoms with Crippen LogP contribution in [-0.4, -0.2) is 19.0 Å². The fourth-order valence-electron chi connectivity index (χ4n) is 1.03. The predicted octanol–water partition coefficient (Wildman–Crippen LogP) is 2.66. The van der Waals surface area contributed by atoms with Gasteiger partial charge in [0.2, 0.25) is 0 Å². The number of hydrogen-bond acceptors (Lipinski definition) is 1. The van der Waals surface area contributed by atoms with Crippen molar-refractivity contribution in [3.63, 3.8) is 0 Å². The van der Waals surface area contributed by atoms with Gasteiger partial charge in [0, 0.05) is 20.3 Å². The fraction of sp³-hybridized carbons (Fsp3) is 0.600. The Labute approximate surface area is 70.4 Å². The van der Waals surface area contributed by atoms with Crippen molar-refractivity contribution >= 4 is 0 Å². The smallest absolute Gasteiger partial charge is 0.00557 e. The Bertz CT molecular complexity index is 164. The van der Waals surface area contributed by atoms with Crippen LogP contribution >= 0.6 is 0 Å². The van der Waals surface area contributed by atoms with Gasteiger partial charge >= 0.3 is 0 Å². The molecule has 0 rings (SSSR count). The Morgan fingerprint density at radius 3 is 1.91 bits per heavy atom. The van der Waals surface area contributed by atoms with Crippen LogP contribution < -0.4 is 0 Å². The lowest BCUT2D eigenvalue weighted by atomic mass is 9.98. The van der Waals surface area contributed by atoms with E-state index in [1.54, 1.807) is 0 Å². The summed E-state index contributed by atoms with van der Waals surface area (Å²) in [5.74, 6) is 0.565. The molecule has 1 nitrogen and oxygen atoms in total. The van der Waals surface area contributed by atoms with Crippen LogP contribution in [0.4, 0.5) is 0 Å². The van der Waals surface area contributed by atoms with Crippen molar-refractivity contribution in [2.45, 2.75) is 20.8 Å². The van der Waals surface area contributed by atoms with Crippen molar-refractivity contribution in [1.82, 2.24) is 4.90 Å². The van der Waals surface area contributed by atoms with Gasteiger partial charge in [0.25, 0.3) is 0 Å². The molecule has 0 saturated carbocycles. The lowest BCUT2D eigenvalue weighted by Crippen LogP contribution is -2.06. The van der Waals surface area contributed by atoms with Gasteiger partial charge < -0.3 is 4.90 Å². The monoisotopic (exact) mass is 153 g/mol. The van der Waals surface area contributed by atoms with Gasteiger partial charge in [0.05, 0.1) is 0 Å². The Hall–Kier alpha value is -0.720. The second-order valence-electron chi connectivity index (χ2n) is 3.48. The first-order chi connectivity index (χ1) is 4.95. The van der Waals surface area contributed by atoms with Crippen LogP contribution in [0.25, 0.3) is 0 Å². The van der Waals surface area contributed by atoms with Crippen LogP contribution in [0.1, 0.15) is 20.8 Å². The first-order valence-electron chi connectivity index (χ1n) is 3.99. The van der Waals surface area contributed by atoms with Crippen molar-refractivity contribution in [3.8, 4) is 0 Å². The van der Waals surface area contributed by atoms with Gasteiger partial charge in [0.15, 0.2) is 0 Å². The summed E-state index contributed by atoms with van der Waals surface area (Å²) >= 11 is 0. The molecule has 0 N–H and O–H groups in total. The molecule has 11 heavy (non-hydrogen) atoms. The van der Waals surface area contributed by atoms with Crippen molar-refractivity contribution < 1.29 is 0 Å². The number of rotatable bonds is 3. The van der Waals surface area contributed by atoms with Gasteiger partial charge in [0.1, 0.15) is 0 Å². The molecular weight excluding hydrogens is 134 g/mol. The molecule has 0 amide bonds. The molecule has 0 radical (unpaired) electrons. The zero-order valence-corrected chi connectivity index (χ0v) is 8.31. The number of nitrogens with zero attached hydrogens (tertiary/aromatic N) is 1. The third kappa shape index (κ3) is 3.87. The van der Waals surface area contributed by atoms with Gasteiger partial charge in [-0.1, -0.05) is 26.0 Å². The van der Waals surface area contributed by atoms with E-state index in [2.05, 4.69) is 38.5 Å². The zero-order chi connectivity index (χ0) is 9.02. The molecule has 0 aliphatic carbocycles. The lowest BCUT2D eigenvalue weighted by Gasteiger charge is -2.14. The van der Waals surface area contributed by atoms with Crippen LogP contribution in [0.3, 0.4) is 0 Å². The summed E-state index contributed by atoms with van der Waals surface area (Å²) in [6, 6.07) is 0. The number of allylic oxidation sites excluding steroid dienone is 2. The Kier molecular flexibility index (Phi) is 3.94. The van der Waals surface area contributed by atoms with E-state index in [1.165, 1.54) is 5.57 Å². The molecular formula is C10H19N. The normalized spacial score (nSPS) is 12.0. The van der Waals surface area contributed by atoms with E-state index in [0.717, 1.165) is 5.57 Å². The van der Waals surface area contributed by atoms with Crippen molar-refractivity contribution in [1.29, 1.82) is 0 Å². The maximum Gasteiger partial charge on any atom is 0.00557 e. The van der Waals surface area contributed by atoms with Crippen LogP contribution in [0.5, 0.6) is 0 Å². The largest absolute Gasteiger partial charge is 0.383 e. The Balaban J connectivity index is 4.47. The summed E-state index contributed by atoms with van der Waals surface area (Å²) in [5.41, 5.74) is 2.49. The second-order valence-corrected chi connectivity index (χ2v) is 3.48. The highest BCUT2D eigenvalue weighted by Gasteiger charge is 2.03. The van der Waals surface area contributed by atoms with E-state index in [-0.39, 0.29) is 0 Å². The molecule has 0 aliphatic rings. The molecule has 64 valence electrons. The molecule has 0 heterocycles. The van der Waals surface area contributed by atoms with Gasteiger partial charge in [-0.05, 0) is 18.4 Å². The third-order valence-corrected chi connectivity index (χ3v) is 1.51. The molecule has 0 atom stereocenters. The first kappa shape index (κ1) is 10.3. The maximum absolute atomic E-state index is 3.93. The van der Waals surface area contributed by atoms with E-state index in [4.69, 9.17) is 0 Å². The van der Waals surface area contributed by atoms with Crippen LogP contribution in [-0.2, 0) is 0 Å². The number of hydrogen-bond donors (Lipinski definition) is 0. The Morgan fingerprint density at radius 1 is 1.36 bits per heavy atom. The molecule has 0 fully saturated rings. The summed E-state index contributed by atoms with van der Waals surface area (Å²) in [7, 11) is 4.07. The first-order valence-corrected chi connectivity index (χ1v) is 3.99. The van der Waals surface area contributed by atoms with Gasteiger partial charge in [-0.25, -0.2) is 0 Å². The minimum absolute atomic E-state index is 0.565. The molecule has 0 unspecified atom stereocenters. The van der Waals surface area contributed by atoms with Crippen LogP contribution in [0.15, 0.2) is 23.9 Å². The highest BCUT2D eigenvalue weighted by molar-refractivity contribution is 5.27. The molecule has 0 bridgehead atoms. The van der Waals surface area contributed by atoms with Gasteiger partial charge in [-0.15, -0.1) is 0 Å². The third-order valence-electron chi connectivity index (χ3n) is 1.51. The maximum atomic E-state index is 3.93. The van der Waals surface area contributed by atoms with E-state index in [9.17, 15) is 0 Å². The van der Waals surface area contributed by atoms with E-state index in [0.29, 0.717) is 5.92 Å². The Morgan fingerprint density at radius 2 is 1.82 bits per heavy atom. The van der Waals surface area contributed by atoms with E-state index in [1.807, 2.05) is 14.1 Å². The fourth-order valence-corrected chi connectivity index (χ4v) is 1.03. The minimum atomic E-state index is 0.565. The van der Waals surface area contributed by atoms with Crippen LogP contribution in [0.2, 0.25) is 0 Å². The highest BCUT2D eigenvalue weighted by Crippen LogP contribution is 2.17. The molecule has 1 heteroatoms. The molecule has 0 spiro atoms. The molecule has 0 saturated heterocycles. The standard InChI is InChI=1S/C10H19N/c1-8(2)10(9(3)4)7-11(5)6/h7,9H,1H2,2-6H3/b10-7+. The molecule has 0 aromatic rings. The minimum Gasteiger partial charge on any atom is -0.383 e. The quantitative estimate of drug-likeness (QED) is 0.563. The molecule has 0 aromatic heterocycles. The highest BCUT2D eigenvalue weighted by atomic mass is 15.0. The summed E-state index contributed by atoms with van der Waals surface area (Å²) in [5, 5.41) is 0. The van der Waals surface area contributed by atoms with Crippen molar-refractivity contribution in [3.05, 3.63) is 23.9 Å². The van der Waals surface area contributed by atoms with Gasteiger partial charge in [-0.3, -0.25) is 0 Å². The van der Waals surface area contributed by atoms with E-state index >= 15 is 0 Å². The lowest BCUT2D eigenvalue weighted by molar-refractivity contribution is 0.548. The average molecular weight is 153 g/mol. The summed E-state index contributed by atoms with van der Waals surface area (Å²) < 4.78 is 0. The summed E-state index contributed by atoms with van der Waals surface area (Å²) in [6.07, 6.45) is 2.13. The molecule has 0 aromatic carbocycles. The van der Waals surface area contributed by atoms with E-state index < -0.39 is 0 Å². The molecule has 0 aliphatic heterocycles. The topological polar surface area (TPSA) is 3.24 Å². The second kappa shape index (κ2) is 4.22. The van der Waals surface area contributed by atoms with Crippen molar-refractivity contribution in [2.24, 2.45) is 5.92 Å².